The van der Waals surface area contributed by atoms with Crippen LogP contribution in [0.3, 0.4) is 0 Å². The zero-order valence-electron chi connectivity index (χ0n) is 22.2. The molecule has 0 radical (unpaired) electrons. The van der Waals surface area contributed by atoms with Crippen molar-refractivity contribution in [1.82, 2.24) is 19.3 Å². The maximum absolute atomic E-state index is 13.2. The molecule has 3 aliphatic heterocycles. The number of hydrogen-bond donors (Lipinski definition) is 4. The first-order valence-corrected chi connectivity index (χ1v) is 16.1. The minimum absolute atomic E-state index is 0.0106. The molecule has 4 N–H and O–H groups in total. The molecule has 1 aromatic heterocycles. The molecule has 220 valence electrons. The van der Waals surface area contributed by atoms with E-state index in [0.717, 1.165) is 0 Å². The third-order valence-corrected chi connectivity index (χ3v) is 10.7. The Hall–Kier alpha value is -2.53. The van der Waals surface area contributed by atoms with Crippen LogP contribution in [0.4, 0.5) is 5.82 Å². The first kappa shape index (κ1) is 29.0. The van der Waals surface area contributed by atoms with Crippen LogP contribution in [0.1, 0.15) is 19.3 Å². The number of aromatic nitrogens is 1. The van der Waals surface area contributed by atoms with E-state index in [4.69, 9.17) is 14.2 Å². The first-order valence-electron chi connectivity index (χ1n) is 13.2. The molecule has 1 unspecified atom stereocenters. The first-order chi connectivity index (χ1) is 19.1. The Morgan fingerprint density at radius 2 is 2.02 bits per heavy atom. The van der Waals surface area contributed by atoms with E-state index in [1.807, 2.05) is 0 Å². The average molecular weight is 598 g/mol. The molecule has 1 aromatic carbocycles. The highest BCUT2D eigenvalue weighted by Crippen LogP contribution is 2.38. The quantitative estimate of drug-likeness (QED) is 0.294. The van der Waals surface area contributed by atoms with E-state index in [-0.39, 0.29) is 29.0 Å². The van der Waals surface area contributed by atoms with Crippen molar-refractivity contribution in [2.75, 3.05) is 58.4 Å². The van der Waals surface area contributed by atoms with Crippen LogP contribution in [0.5, 0.6) is 11.5 Å². The number of benzene rings is 1. The molecule has 2 fully saturated rings. The zero-order valence-corrected chi connectivity index (χ0v) is 23.8. The van der Waals surface area contributed by atoms with Gasteiger partial charge in [0.15, 0.2) is 11.6 Å². The topological polar surface area (TPSA) is 168 Å². The Kier molecular flexibility index (Phi) is 8.52. The third-order valence-electron chi connectivity index (χ3n) is 7.43. The number of aliphatic hydroxyl groups is 1. The van der Waals surface area contributed by atoms with Gasteiger partial charge in [0.05, 0.1) is 23.6 Å². The van der Waals surface area contributed by atoms with Crippen LogP contribution < -0.4 is 24.8 Å². The number of sulfonamides is 2. The molecule has 40 heavy (non-hydrogen) atoms. The van der Waals surface area contributed by atoms with Crippen molar-refractivity contribution in [3.05, 3.63) is 36.5 Å². The van der Waals surface area contributed by atoms with Gasteiger partial charge in [-0.25, -0.2) is 26.5 Å². The molecule has 4 heterocycles. The van der Waals surface area contributed by atoms with E-state index >= 15 is 0 Å². The number of nitrogens with zero attached hydrogens (tertiary/aromatic N) is 2. The summed E-state index contributed by atoms with van der Waals surface area (Å²) in [6.45, 7) is 2.47. The molecule has 3 aliphatic rings. The van der Waals surface area contributed by atoms with Crippen LogP contribution in [0.2, 0.25) is 0 Å². The summed E-state index contributed by atoms with van der Waals surface area (Å²) in [5.74, 6) is 1.33. The van der Waals surface area contributed by atoms with Gasteiger partial charge in [0.2, 0.25) is 20.0 Å². The van der Waals surface area contributed by atoms with E-state index in [2.05, 4.69) is 20.3 Å². The van der Waals surface area contributed by atoms with Crippen LogP contribution in [0.25, 0.3) is 0 Å². The van der Waals surface area contributed by atoms with E-state index in [9.17, 15) is 21.9 Å². The number of fused-ring (bicyclic) bond motifs is 1. The van der Waals surface area contributed by atoms with Crippen molar-refractivity contribution in [1.29, 1.82) is 0 Å². The number of hydrogen-bond acceptors (Lipinski definition) is 11. The smallest absolute Gasteiger partial charge is 0.244 e. The number of ether oxygens (including phenoxy) is 3. The summed E-state index contributed by atoms with van der Waals surface area (Å²) in [6.07, 6.45) is 2.38. The van der Waals surface area contributed by atoms with Gasteiger partial charge in [0.1, 0.15) is 30.0 Å². The van der Waals surface area contributed by atoms with Gasteiger partial charge in [-0.15, -0.1) is 0 Å². The zero-order chi connectivity index (χ0) is 28.4. The minimum atomic E-state index is -3.71. The lowest BCUT2D eigenvalue weighted by atomic mass is 9.88. The van der Waals surface area contributed by atoms with E-state index in [1.165, 1.54) is 35.7 Å². The molecule has 0 aliphatic carbocycles. The third kappa shape index (κ3) is 6.35. The fourth-order valence-corrected chi connectivity index (χ4v) is 7.32. The summed E-state index contributed by atoms with van der Waals surface area (Å²) in [7, 11) is -5.96. The fourth-order valence-electron chi connectivity index (χ4n) is 5.15. The molecular formula is C25H35N5O8S2. The van der Waals surface area contributed by atoms with Crippen LogP contribution in [-0.2, 0) is 24.8 Å². The lowest BCUT2D eigenvalue weighted by molar-refractivity contribution is -0.0312. The average Bonchev–Trinajstić information content (AvgIpc) is 3.37. The van der Waals surface area contributed by atoms with Crippen molar-refractivity contribution in [2.45, 2.75) is 46.8 Å². The number of nitrogens with one attached hydrogen (secondary N) is 3. The molecule has 2 atom stereocenters. The normalized spacial score (nSPS) is 21.8. The number of rotatable bonds is 10. The molecular weight excluding hydrogens is 562 g/mol. The molecule has 5 rings (SSSR count). The second-order valence-corrected chi connectivity index (χ2v) is 14.0. The molecule has 15 heteroatoms. The maximum Gasteiger partial charge on any atom is 0.244 e. The van der Waals surface area contributed by atoms with Gasteiger partial charge in [0, 0.05) is 44.0 Å². The van der Waals surface area contributed by atoms with E-state index in [1.54, 1.807) is 12.1 Å². The summed E-state index contributed by atoms with van der Waals surface area (Å²) < 4.78 is 71.5. The van der Waals surface area contributed by atoms with Crippen LogP contribution in [-0.4, -0.2) is 102 Å². The standard InChI is InChI=1S/C25H35N5O8S2/c1-26-39(32,33)21-4-2-3-20(11-21)37-17-19(31)14-28-18-13-25(38-16-18)5-8-30(9-6-25)40(34,35)22-12-23-24(29-15-22)27-7-10-36-23/h2-4,11-12,15,18-19,26,28,31H,5-10,13-14,16-17H2,1H3,(H,27,29)/t18?,19-/m0/s1. The lowest BCUT2D eigenvalue weighted by Crippen LogP contribution is -2.47. The van der Waals surface area contributed by atoms with E-state index in [0.29, 0.717) is 69.4 Å². The summed E-state index contributed by atoms with van der Waals surface area (Å²) in [5, 5.41) is 16.8. The van der Waals surface area contributed by atoms with Gasteiger partial charge in [-0.05, 0) is 38.4 Å². The van der Waals surface area contributed by atoms with Gasteiger partial charge in [0.25, 0.3) is 0 Å². The number of piperidine rings is 1. The summed E-state index contributed by atoms with van der Waals surface area (Å²) in [4.78, 5) is 4.41. The largest absolute Gasteiger partial charge is 0.491 e. The van der Waals surface area contributed by atoms with Gasteiger partial charge >= 0.3 is 0 Å². The van der Waals surface area contributed by atoms with Crippen molar-refractivity contribution >= 4 is 25.9 Å². The van der Waals surface area contributed by atoms with Gasteiger partial charge in [-0.3, -0.25) is 0 Å². The van der Waals surface area contributed by atoms with Crippen LogP contribution in [0, 0.1) is 0 Å². The fraction of sp³-hybridized carbons (Fsp3) is 0.560. The molecule has 1 spiro atoms. The Bertz CT molecular complexity index is 1410. The summed E-state index contributed by atoms with van der Waals surface area (Å²) >= 11 is 0. The molecule has 2 saturated heterocycles. The van der Waals surface area contributed by atoms with E-state index < -0.39 is 31.8 Å². The molecule has 0 saturated carbocycles. The molecule has 2 aromatic rings. The predicted octanol–water partition coefficient (Wildman–Crippen LogP) is 0.136. The summed E-state index contributed by atoms with van der Waals surface area (Å²) in [5.41, 5.74) is -0.411. The highest BCUT2D eigenvalue weighted by Gasteiger charge is 2.45. The van der Waals surface area contributed by atoms with Crippen molar-refractivity contribution in [3.8, 4) is 11.5 Å². The summed E-state index contributed by atoms with van der Waals surface area (Å²) in [6, 6.07) is 7.60. The number of anilines is 1. The Labute approximate surface area is 234 Å². The van der Waals surface area contributed by atoms with Gasteiger partial charge in [-0.2, -0.15) is 4.31 Å². The minimum Gasteiger partial charge on any atom is -0.491 e. The van der Waals surface area contributed by atoms with Gasteiger partial charge in [-0.1, -0.05) is 6.07 Å². The SMILES string of the molecule is CNS(=O)(=O)c1cccc(OC[C@@H](O)CNC2COC3(CCN(S(=O)(=O)c4cnc5c(c4)OCCN5)CC3)C2)c1. The number of pyridine rings is 1. The Morgan fingerprint density at radius 1 is 1.23 bits per heavy atom. The lowest BCUT2D eigenvalue weighted by Gasteiger charge is -2.38. The maximum atomic E-state index is 13.2. The predicted molar refractivity (Wildman–Crippen MR) is 145 cm³/mol. The molecule has 0 amide bonds. The van der Waals surface area contributed by atoms with Crippen molar-refractivity contribution in [2.24, 2.45) is 0 Å². The van der Waals surface area contributed by atoms with Crippen molar-refractivity contribution in [3.63, 3.8) is 0 Å². The Morgan fingerprint density at radius 3 is 2.80 bits per heavy atom. The van der Waals surface area contributed by atoms with Crippen LogP contribution in [0.15, 0.2) is 46.3 Å². The molecule has 0 bridgehead atoms. The highest BCUT2D eigenvalue weighted by molar-refractivity contribution is 7.89. The highest BCUT2D eigenvalue weighted by atomic mass is 32.2. The second kappa shape index (κ2) is 11.8. The van der Waals surface area contributed by atoms with Gasteiger partial charge < -0.3 is 30.0 Å². The van der Waals surface area contributed by atoms with Crippen molar-refractivity contribution < 1.29 is 36.2 Å². The monoisotopic (exact) mass is 597 g/mol. The Balaban J connectivity index is 1.08. The number of aliphatic hydroxyl groups excluding tert-OH is 1. The molecule has 13 nitrogen and oxygen atoms in total. The van der Waals surface area contributed by atoms with Crippen LogP contribution >= 0.6 is 0 Å². The second-order valence-electron chi connectivity index (χ2n) is 10.1.